The van der Waals surface area contributed by atoms with Crippen LogP contribution in [0.3, 0.4) is 0 Å². The van der Waals surface area contributed by atoms with Crippen molar-refractivity contribution in [3.05, 3.63) is 59.9 Å². The van der Waals surface area contributed by atoms with E-state index in [0.29, 0.717) is 11.0 Å². The van der Waals surface area contributed by atoms with Crippen LogP contribution in [-0.2, 0) is 4.79 Å². The minimum absolute atomic E-state index is 0.0100. The minimum Gasteiger partial charge on any atom is -0.357 e. The zero-order valence-electron chi connectivity index (χ0n) is 14.2. The lowest BCUT2D eigenvalue weighted by molar-refractivity contribution is -0.120. The van der Waals surface area contributed by atoms with E-state index in [4.69, 9.17) is 11.6 Å². The van der Waals surface area contributed by atoms with E-state index in [9.17, 15) is 4.79 Å². The molecule has 1 aliphatic rings. The van der Waals surface area contributed by atoms with E-state index in [1.165, 1.54) is 0 Å². The largest absolute Gasteiger partial charge is 0.357 e. The van der Waals surface area contributed by atoms with Crippen molar-refractivity contribution < 1.29 is 4.79 Å². The van der Waals surface area contributed by atoms with Gasteiger partial charge in [0.25, 0.3) is 0 Å². The molecule has 0 aliphatic carbocycles. The number of halogens is 1. The van der Waals surface area contributed by atoms with Crippen molar-refractivity contribution in [1.29, 1.82) is 0 Å². The van der Waals surface area contributed by atoms with Crippen LogP contribution in [0.4, 0.5) is 11.6 Å². The van der Waals surface area contributed by atoms with Crippen molar-refractivity contribution in [2.45, 2.75) is 12.8 Å². The number of anilines is 2. The van der Waals surface area contributed by atoms with Crippen molar-refractivity contribution in [1.82, 2.24) is 9.97 Å². The molecule has 6 heteroatoms. The van der Waals surface area contributed by atoms with Crippen molar-refractivity contribution >= 4 is 39.9 Å². The second kappa shape index (κ2) is 7.30. The fourth-order valence-corrected chi connectivity index (χ4v) is 3.60. The SMILES string of the molecule is O=C(Nc1ccccn1)C1CCN(c2cc3ccccc3c(Cl)n2)CC1. The number of nitrogens with zero attached hydrogens (tertiary/aromatic N) is 3. The van der Waals surface area contributed by atoms with Crippen LogP contribution in [-0.4, -0.2) is 29.0 Å². The van der Waals surface area contributed by atoms with Gasteiger partial charge in [-0.25, -0.2) is 9.97 Å². The third kappa shape index (κ3) is 3.48. The number of carbonyl (C=O) groups is 1. The zero-order valence-corrected chi connectivity index (χ0v) is 15.0. The molecule has 0 atom stereocenters. The predicted molar refractivity (Wildman–Crippen MR) is 105 cm³/mol. The van der Waals surface area contributed by atoms with E-state index in [2.05, 4.69) is 26.3 Å². The predicted octanol–water partition coefficient (Wildman–Crippen LogP) is 4.14. The van der Waals surface area contributed by atoms with Crippen LogP contribution in [0.15, 0.2) is 54.7 Å². The van der Waals surface area contributed by atoms with Gasteiger partial charge in [-0.3, -0.25) is 4.79 Å². The van der Waals surface area contributed by atoms with Crippen molar-refractivity contribution in [3.8, 4) is 0 Å². The van der Waals surface area contributed by atoms with Crippen molar-refractivity contribution in [3.63, 3.8) is 0 Å². The maximum atomic E-state index is 12.4. The summed E-state index contributed by atoms with van der Waals surface area (Å²) in [6.45, 7) is 1.56. The first kappa shape index (κ1) is 16.8. The summed E-state index contributed by atoms with van der Waals surface area (Å²) in [5, 5.41) is 5.46. The molecular weight excluding hydrogens is 348 g/mol. The molecule has 0 bridgehead atoms. The number of rotatable bonds is 3. The first-order valence-corrected chi connectivity index (χ1v) is 9.10. The maximum absolute atomic E-state index is 12.4. The van der Waals surface area contributed by atoms with Gasteiger partial charge in [0.1, 0.15) is 16.8 Å². The van der Waals surface area contributed by atoms with Crippen LogP contribution >= 0.6 is 11.6 Å². The molecule has 1 aliphatic heterocycles. The Morgan fingerprint density at radius 3 is 2.65 bits per heavy atom. The Morgan fingerprint density at radius 2 is 1.88 bits per heavy atom. The van der Waals surface area contributed by atoms with Crippen molar-refractivity contribution in [2.75, 3.05) is 23.3 Å². The van der Waals surface area contributed by atoms with Crippen molar-refractivity contribution in [2.24, 2.45) is 5.92 Å². The molecule has 26 heavy (non-hydrogen) atoms. The maximum Gasteiger partial charge on any atom is 0.228 e. The van der Waals surface area contributed by atoms with E-state index >= 15 is 0 Å². The van der Waals surface area contributed by atoms with Crippen LogP contribution in [0.1, 0.15) is 12.8 Å². The molecule has 0 saturated carbocycles. The lowest BCUT2D eigenvalue weighted by Crippen LogP contribution is -2.38. The van der Waals surface area contributed by atoms with Gasteiger partial charge in [-0.05, 0) is 36.4 Å². The molecule has 5 nitrogen and oxygen atoms in total. The number of aromatic nitrogens is 2. The topological polar surface area (TPSA) is 58.1 Å². The average molecular weight is 367 g/mol. The van der Waals surface area contributed by atoms with Gasteiger partial charge in [-0.2, -0.15) is 0 Å². The Hall–Kier alpha value is -2.66. The normalized spacial score (nSPS) is 15.2. The lowest BCUT2D eigenvalue weighted by Gasteiger charge is -2.32. The fourth-order valence-electron chi connectivity index (χ4n) is 3.34. The molecular formula is C20H19ClN4O. The molecule has 2 aromatic heterocycles. The first-order chi connectivity index (χ1) is 12.7. The summed E-state index contributed by atoms with van der Waals surface area (Å²) in [4.78, 5) is 23.3. The number of pyridine rings is 2. The van der Waals surface area contributed by atoms with Gasteiger partial charge in [0.2, 0.25) is 5.91 Å². The Balaban J connectivity index is 1.43. The number of fused-ring (bicyclic) bond motifs is 1. The average Bonchev–Trinajstić information content (AvgIpc) is 2.69. The highest BCUT2D eigenvalue weighted by molar-refractivity contribution is 6.34. The molecule has 3 heterocycles. The van der Waals surface area contributed by atoms with Crippen LogP contribution in [0.5, 0.6) is 0 Å². The summed E-state index contributed by atoms with van der Waals surface area (Å²) >= 11 is 6.34. The molecule has 1 aromatic carbocycles. The zero-order chi connectivity index (χ0) is 17.9. The smallest absolute Gasteiger partial charge is 0.228 e. The van der Waals surface area contributed by atoms with Crippen LogP contribution in [0, 0.1) is 5.92 Å². The Bertz CT molecular complexity index is 924. The monoisotopic (exact) mass is 366 g/mol. The van der Waals surface area contributed by atoms with Crippen LogP contribution < -0.4 is 10.2 Å². The highest BCUT2D eigenvalue weighted by Crippen LogP contribution is 2.29. The minimum atomic E-state index is -0.0100. The standard InChI is InChI=1S/C20H19ClN4O/c21-19-16-6-2-1-5-15(16)13-18(24-19)25-11-8-14(9-12-25)20(26)23-17-7-3-4-10-22-17/h1-7,10,13-14H,8-9,11-12H2,(H,22,23,26). The molecule has 132 valence electrons. The van der Waals surface area contributed by atoms with E-state index < -0.39 is 0 Å². The first-order valence-electron chi connectivity index (χ1n) is 8.73. The van der Waals surface area contributed by atoms with E-state index in [-0.39, 0.29) is 11.8 Å². The van der Waals surface area contributed by atoms with E-state index in [1.54, 1.807) is 12.3 Å². The molecule has 1 amide bonds. The molecule has 3 aromatic rings. The number of benzene rings is 1. The second-order valence-corrected chi connectivity index (χ2v) is 6.82. The van der Waals surface area contributed by atoms with Gasteiger partial charge < -0.3 is 10.2 Å². The summed E-state index contributed by atoms with van der Waals surface area (Å²) in [6, 6.07) is 15.5. The van der Waals surface area contributed by atoms with Gasteiger partial charge in [0.05, 0.1) is 0 Å². The summed E-state index contributed by atoms with van der Waals surface area (Å²) in [6.07, 6.45) is 3.24. The van der Waals surface area contributed by atoms with Gasteiger partial charge in [-0.15, -0.1) is 0 Å². The number of nitrogens with one attached hydrogen (secondary N) is 1. The van der Waals surface area contributed by atoms with Crippen LogP contribution in [0.25, 0.3) is 10.8 Å². The number of hydrogen-bond acceptors (Lipinski definition) is 4. The molecule has 1 fully saturated rings. The van der Waals surface area contributed by atoms with Gasteiger partial charge in [0, 0.05) is 30.6 Å². The third-order valence-electron chi connectivity index (χ3n) is 4.79. The summed E-state index contributed by atoms with van der Waals surface area (Å²) in [7, 11) is 0. The van der Waals surface area contributed by atoms with Gasteiger partial charge >= 0.3 is 0 Å². The molecule has 1 N–H and O–H groups in total. The Kier molecular flexibility index (Phi) is 4.71. The van der Waals surface area contributed by atoms with E-state index in [0.717, 1.165) is 42.5 Å². The molecule has 0 radical (unpaired) electrons. The Morgan fingerprint density at radius 1 is 1.12 bits per heavy atom. The quantitative estimate of drug-likeness (QED) is 0.708. The number of carbonyl (C=O) groups excluding carboxylic acids is 1. The number of amides is 1. The van der Waals surface area contributed by atoms with Gasteiger partial charge in [-0.1, -0.05) is 41.9 Å². The highest BCUT2D eigenvalue weighted by atomic mass is 35.5. The van der Waals surface area contributed by atoms with Gasteiger partial charge in [0.15, 0.2) is 0 Å². The second-order valence-electron chi connectivity index (χ2n) is 6.46. The third-order valence-corrected chi connectivity index (χ3v) is 5.07. The van der Waals surface area contributed by atoms with Crippen LogP contribution in [0.2, 0.25) is 5.15 Å². The highest BCUT2D eigenvalue weighted by Gasteiger charge is 2.26. The summed E-state index contributed by atoms with van der Waals surface area (Å²) in [5.41, 5.74) is 0. The number of hydrogen-bond donors (Lipinski definition) is 1. The summed E-state index contributed by atoms with van der Waals surface area (Å²) < 4.78 is 0. The van der Waals surface area contributed by atoms with E-state index in [1.807, 2.05) is 36.4 Å². The molecule has 1 saturated heterocycles. The summed E-state index contributed by atoms with van der Waals surface area (Å²) in [5.74, 6) is 1.50. The Labute approximate surface area is 157 Å². The fraction of sp³-hybridized carbons (Fsp3) is 0.250. The number of piperidine rings is 1. The lowest BCUT2D eigenvalue weighted by atomic mass is 9.96. The molecule has 4 rings (SSSR count). The molecule has 0 spiro atoms. The molecule has 0 unspecified atom stereocenters.